The maximum absolute atomic E-state index is 11.5. The fraction of sp³-hybridized carbons (Fsp3) is 0.0909. The molecule has 0 bridgehead atoms. The van der Waals surface area contributed by atoms with Crippen LogP contribution in [0.2, 0.25) is 0 Å². The molecule has 1 aromatic heterocycles. The van der Waals surface area contributed by atoms with Gasteiger partial charge < -0.3 is 22.1 Å². The topological polar surface area (TPSA) is 144 Å². The minimum Gasteiger partial charge on any atom is -0.369 e. The van der Waals surface area contributed by atoms with Crippen molar-refractivity contribution in [1.82, 2.24) is 0 Å². The highest BCUT2D eigenvalue weighted by atomic mass is 32.1. The fourth-order valence-electron chi connectivity index (χ4n) is 2.45. The van der Waals surface area contributed by atoms with Gasteiger partial charge in [0.2, 0.25) is 23.6 Å². The van der Waals surface area contributed by atoms with Crippen molar-refractivity contribution in [3.63, 3.8) is 0 Å². The van der Waals surface area contributed by atoms with Gasteiger partial charge in [-0.1, -0.05) is 36.4 Å². The van der Waals surface area contributed by atoms with E-state index in [-0.39, 0.29) is 12.8 Å². The van der Waals surface area contributed by atoms with Crippen LogP contribution in [0.5, 0.6) is 0 Å². The van der Waals surface area contributed by atoms with E-state index >= 15 is 0 Å². The second-order valence-corrected chi connectivity index (χ2v) is 7.15. The number of amides is 4. The van der Waals surface area contributed by atoms with E-state index in [0.29, 0.717) is 11.4 Å². The molecule has 8 nitrogen and oxygen atoms in total. The van der Waals surface area contributed by atoms with Crippen LogP contribution < -0.4 is 22.1 Å². The van der Waals surface area contributed by atoms with Crippen LogP contribution in [-0.2, 0) is 19.2 Å². The Morgan fingerprint density at radius 1 is 0.645 bits per heavy atom. The third-order valence-electron chi connectivity index (χ3n) is 3.77. The number of rotatable bonds is 7. The zero-order valence-electron chi connectivity index (χ0n) is 16.5. The van der Waals surface area contributed by atoms with Crippen molar-refractivity contribution < 1.29 is 19.2 Å². The van der Waals surface area contributed by atoms with Gasteiger partial charge in [-0.05, 0) is 46.2 Å². The average molecular weight is 439 g/mol. The Labute approximate surface area is 183 Å². The highest BCUT2D eigenvalue weighted by Crippen LogP contribution is 2.23. The van der Waals surface area contributed by atoms with Gasteiger partial charge in [0, 0.05) is 11.4 Å². The molecular formula is C22H22N4O4S. The van der Waals surface area contributed by atoms with Crippen molar-refractivity contribution in [2.75, 3.05) is 10.6 Å². The predicted octanol–water partition coefficient (Wildman–Crippen LogP) is 2.73. The second kappa shape index (κ2) is 11.9. The van der Waals surface area contributed by atoms with Gasteiger partial charge >= 0.3 is 0 Å². The first-order valence-electron chi connectivity index (χ1n) is 9.17. The Kier molecular flexibility index (Phi) is 8.93. The summed E-state index contributed by atoms with van der Waals surface area (Å²) in [5, 5.41) is 9.23. The van der Waals surface area contributed by atoms with Crippen LogP contribution in [0.1, 0.15) is 12.8 Å². The van der Waals surface area contributed by atoms with Gasteiger partial charge in [-0.15, -0.1) is 0 Å². The quantitative estimate of drug-likeness (QED) is 0.420. The van der Waals surface area contributed by atoms with Crippen molar-refractivity contribution >= 4 is 46.3 Å². The summed E-state index contributed by atoms with van der Waals surface area (Å²) in [5.74, 6) is -2.33. The molecule has 0 unspecified atom stereocenters. The van der Waals surface area contributed by atoms with Gasteiger partial charge in [0.15, 0.2) is 0 Å². The second-order valence-electron chi connectivity index (χ2n) is 6.33. The maximum atomic E-state index is 11.5. The number of benzene rings is 2. The number of primary amides is 2. The monoisotopic (exact) mass is 438 g/mol. The smallest absolute Gasteiger partial charge is 0.233 e. The molecule has 9 heteroatoms. The van der Waals surface area contributed by atoms with Crippen LogP contribution in [0.3, 0.4) is 0 Å². The largest absolute Gasteiger partial charge is 0.369 e. The van der Waals surface area contributed by atoms with E-state index in [1.165, 1.54) is 0 Å². The number of nitrogens with two attached hydrogens (primary N) is 2. The van der Waals surface area contributed by atoms with Gasteiger partial charge in [0.05, 0.1) is 0 Å². The Morgan fingerprint density at radius 3 is 1.26 bits per heavy atom. The lowest BCUT2D eigenvalue weighted by Crippen LogP contribution is -2.21. The summed E-state index contributed by atoms with van der Waals surface area (Å²) in [6, 6.07) is 18.1. The molecule has 1 heterocycles. The fourth-order valence-corrected chi connectivity index (χ4v) is 2.90. The van der Waals surface area contributed by atoms with E-state index in [9.17, 15) is 19.2 Å². The molecule has 0 aliphatic carbocycles. The molecule has 0 atom stereocenters. The molecule has 0 radical (unpaired) electrons. The van der Waals surface area contributed by atoms with Gasteiger partial charge in [0.1, 0.15) is 12.8 Å². The van der Waals surface area contributed by atoms with Crippen molar-refractivity contribution in [3.8, 4) is 11.1 Å². The molecule has 6 N–H and O–H groups in total. The maximum Gasteiger partial charge on any atom is 0.233 e. The summed E-state index contributed by atoms with van der Waals surface area (Å²) in [6.45, 7) is 0. The molecular weight excluding hydrogens is 416 g/mol. The number of nitrogens with one attached hydrogen (secondary N) is 2. The first-order valence-corrected chi connectivity index (χ1v) is 10.1. The molecule has 2 aromatic carbocycles. The number of hydrogen-bond acceptors (Lipinski definition) is 5. The minimum atomic E-state index is -0.692. The molecule has 0 fully saturated rings. The molecule has 0 saturated heterocycles. The normalized spacial score (nSPS) is 9.68. The summed E-state index contributed by atoms with van der Waals surface area (Å²) >= 11 is 1.71. The van der Waals surface area contributed by atoms with Crippen LogP contribution >= 0.6 is 11.3 Å². The van der Waals surface area contributed by atoms with Crippen molar-refractivity contribution in [1.29, 1.82) is 0 Å². The number of thiophene rings is 1. The summed E-state index contributed by atoms with van der Waals surface area (Å²) in [7, 11) is 0. The molecule has 0 aliphatic heterocycles. The Hall–Kier alpha value is -3.98. The number of anilines is 2. The zero-order valence-corrected chi connectivity index (χ0v) is 17.4. The van der Waals surface area contributed by atoms with E-state index < -0.39 is 23.6 Å². The van der Waals surface area contributed by atoms with Crippen molar-refractivity contribution in [3.05, 3.63) is 71.4 Å². The molecule has 4 amide bonds. The Bertz CT molecular complexity index is 928. The minimum absolute atomic E-state index is 0.370. The first kappa shape index (κ1) is 23.3. The molecule has 31 heavy (non-hydrogen) atoms. The first-order chi connectivity index (χ1) is 14.8. The molecule has 0 aliphatic rings. The lowest BCUT2D eigenvalue weighted by Gasteiger charge is -2.08. The molecule has 160 valence electrons. The van der Waals surface area contributed by atoms with Crippen molar-refractivity contribution in [2.45, 2.75) is 12.8 Å². The van der Waals surface area contributed by atoms with Crippen LogP contribution in [-0.4, -0.2) is 23.6 Å². The number of hydrogen-bond donors (Lipinski definition) is 4. The standard InChI is InChI=1S/C18H18N4O4.C4H4S/c19-15(23)9-17(25)21-13-5-1-11(2-6-13)12-3-7-14(8-4-12)22-18(26)10-16(20)24;1-2-4-5-3-1/h1-8H,9-10H2,(H2,19,23)(H2,20,24)(H,21,25)(H,22,26);1-4H. The van der Waals surface area contributed by atoms with E-state index in [4.69, 9.17) is 11.5 Å². The van der Waals surface area contributed by atoms with Gasteiger partial charge in [-0.2, -0.15) is 11.3 Å². The average Bonchev–Trinajstić information content (AvgIpc) is 3.28. The number of carbonyl (C=O) groups excluding carboxylic acids is 4. The zero-order chi connectivity index (χ0) is 22.6. The summed E-state index contributed by atoms with van der Waals surface area (Å²) in [5.41, 5.74) is 12.8. The number of carbonyl (C=O) groups is 4. The molecule has 3 rings (SSSR count). The van der Waals surface area contributed by atoms with Gasteiger partial charge in [-0.25, -0.2) is 0 Å². The van der Waals surface area contributed by atoms with E-state index in [1.54, 1.807) is 59.9 Å². The van der Waals surface area contributed by atoms with Crippen LogP contribution in [0.15, 0.2) is 71.4 Å². The van der Waals surface area contributed by atoms with Crippen LogP contribution in [0.25, 0.3) is 11.1 Å². The summed E-state index contributed by atoms with van der Waals surface area (Å²) in [4.78, 5) is 44.4. The summed E-state index contributed by atoms with van der Waals surface area (Å²) in [6.07, 6.45) is -0.741. The Morgan fingerprint density at radius 2 is 1.00 bits per heavy atom. The van der Waals surface area contributed by atoms with Gasteiger partial charge in [-0.3, -0.25) is 19.2 Å². The molecule has 0 saturated carbocycles. The van der Waals surface area contributed by atoms with E-state index in [2.05, 4.69) is 10.6 Å². The van der Waals surface area contributed by atoms with Crippen LogP contribution in [0.4, 0.5) is 11.4 Å². The summed E-state index contributed by atoms with van der Waals surface area (Å²) < 4.78 is 0. The lowest BCUT2D eigenvalue weighted by atomic mass is 10.0. The SMILES string of the molecule is NC(=O)CC(=O)Nc1ccc(-c2ccc(NC(=O)CC(N)=O)cc2)cc1.c1ccsc1. The predicted molar refractivity (Wildman–Crippen MR) is 121 cm³/mol. The lowest BCUT2D eigenvalue weighted by molar-refractivity contribution is -0.126. The molecule has 3 aromatic rings. The van der Waals surface area contributed by atoms with Crippen molar-refractivity contribution in [2.24, 2.45) is 11.5 Å². The molecule has 0 spiro atoms. The van der Waals surface area contributed by atoms with E-state index in [1.807, 2.05) is 22.9 Å². The third kappa shape index (κ3) is 8.92. The highest BCUT2D eigenvalue weighted by molar-refractivity contribution is 7.07. The Balaban J connectivity index is 0.000000597. The highest BCUT2D eigenvalue weighted by Gasteiger charge is 2.08. The van der Waals surface area contributed by atoms with Gasteiger partial charge in [0.25, 0.3) is 0 Å². The van der Waals surface area contributed by atoms with Crippen LogP contribution in [0, 0.1) is 0 Å². The van der Waals surface area contributed by atoms with E-state index in [0.717, 1.165) is 11.1 Å². The third-order valence-corrected chi connectivity index (χ3v) is 4.39.